The molecule has 0 bridgehead atoms. The second kappa shape index (κ2) is 5.99. The van der Waals surface area contributed by atoms with Gasteiger partial charge in [-0.25, -0.2) is 0 Å². The Labute approximate surface area is 109 Å². The van der Waals surface area contributed by atoms with Gasteiger partial charge < -0.3 is 15.0 Å². The van der Waals surface area contributed by atoms with E-state index in [-0.39, 0.29) is 5.91 Å². The predicted octanol–water partition coefficient (Wildman–Crippen LogP) is -0.0841. The van der Waals surface area contributed by atoms with Crippen molar-refractivity contribution in [1.29, 1.82) is 0 Å². The number of likely N-dealkylation sites (N-methyl/N-ethyl adjacent to an activating group) is 2. The highest BCUT2D eigenvalue weighted by Crippen LogP contribution is 2.23. The molecule has 1 N–H and O–H groups in total. The normalized spacial score (nSPS) is 35.4. The summed E-state index contributed by atoms with van der Waals surface area (Å²) in [6, 6.07) is 1.24. The molecule has 0 radical (unpaired) electrons. The Hall–Kier alpha value is -0.650. The summed E-state index contributed by atoms with van der Waals surface area (Å²) < 4.78 is 5.61. The number of rotatable bonds is 2. The minimum Gasteiger partial charge on any atom is -0.378 e. The third-order valence-corrected chi connectivity index (χ3v) is 4.22. The summed E-state index contributed by atoms with van der Waals surface area (Å²) in [6.45, 7) is 5.28. The second-order valence-electron chi connectivity index (χ2n) is 5.59. The zero-order valence-electron chi connectivity index (χ0n) is 11.7. The Morgan fingerprint density at radius 2 is 1.94 bits per heavy atom. The number of morpholine rings is 1. The van der Waals surface area contributed by atoms with E-state index in [1.807, 2.05) is 0 Å². The Bertz CT molecular complexity index is 298. The predicted molar refractivity (Wildman–Crippen MR) is 70.5 cm³/mol. The Kier molecular flexibility index (Phi) is 4.59. The number of nitrogens with one attached hydrogen (secondary N) is 1. The van der Waals surface area contributed by atoms with E-state index >= 15 is 0 Å². The van der Waals surface area contributed by atoms with E-state index in [9.17, 15) is 4.79 Å². The topological polar surface area (TPSA) is 44.8 Å². The van der Waals surface area contributed by atoms with Crippen molar-refractivity contribution in [1.82, 2.24) is 15.1 Å². The summed E-state index contributed by atoms with van der Waals surface area (Å²) in [5.74, 6) is 0.0801. The number of nitrogens with zero attached hydrogens (tertiary/aromatic N) is 2. The molecule has 0 aromatic heterocycles. The van der Waals surface area contributed by atoms with E-state index in [0.717, 1.165) is 39.1 Å². The number of carbonyl (C=O) groups is 1. The maximum absolute atomic E-state index is 11.2. The number of hydrogen-bond donors (Lipinski definition) is 1. The van der Waals surface area contributed by atoms with Gasteiger partial charge in [0.15, 0.2) is 0 Å². The molecule has 3 unspecified atom stereocenters. The molecule has 2 rings (SSSR count). The van der Waals surface area contributed by atoms with Gasteiger partial charge in [-0.15, -0.1) is 0 Å². The molecule has 18 heavy (non-hydrogen) atoms. The minimum absolute atomic E-state index is 0.0801. The molecule has 0 saturated carbocycles. The lowest BCUT2D eigenvalue weighted by Crippen LogP contribution is -2.59. The number of hydrogen-bond acceptors (Lipinski definition) is 4. The smallest absolute Gasteiger partial charge is 0.217 e. The molecule has 2 aliphatic heterocycles. The van der Waals surface area contributed by atoms with E-state index in [4.69, 9.17) is 4.74 Å². The quantitative estimate of drug-likeness (QED) is 0.749. The van der Waals surface area contributed by atoms with Crippen LogP contribution in [-0.4, -0.2) is 74.2 Å². The van der Waals surface area contributed by atoms with Crippen LogP contribution in [0, 0.1) is 0 Å². The van der Waals surface area contributed by atoms with Crippen LogP contribution in [-0.2, 0) is 9.53 Å². The fourth-order valence-corrected chi connectivity index (χ4v) is 3.09. The van der Waals surface area contributed by atoms with Gasteiger partial charge in [-0.05, 0) is 26.9 Å². The third kappa shape index (κ3) is 3.22. The summed E-state index contributed by atoms with van der Waals surface area (Å²) >= 11 is 0. The summed E-state index contributed by atoms with van der Waals surface area (Å²) in [4.78, 5) is 16.0. The Balaban J connectivity index is 1.97. The van der Waals surface area contributed by atoms with E-state index in [1.54, 1.807) is 6.92 Å². The summed E-state index contributed by atoms with van der Waals surface area (Å²) in [5, 5.41) is 3.06. The van der Waals surface area contributed by atoms with Gasteiger partial charge in [0.2, 0.25) is 5.91 Å². The lowest BCUT2D eigenvalue weighted by atomic mass is 9.91. The van der Waals surface area contributed by atoms with E-state index in [1.165, 1.54) is 0 Å². The molecule has 5 heteroatoms. The molecule has 2 saturated heterocycles. The molecule has 1 amide bonds. The zero-order chi connectivity index (χ0) is 13.1. The fraction of sp³-hybridized carbons (Fsp3) is 0.923. The van der Waals surface area contributed by atoms with Crippen LogP contribution < -0.4 is 5.32 Å². The first-order valence-electron chi connectivity index (χ1n) is 6.83. The van der Waals surface area contributed by atoms with Crippen LogP contribution in [0.15, 0.2) is 0 Å². The van der Waals surface area contributed by atoms with Gasteiger partial charge in [0.1, 0.15) is 0 Å². The summed E-state index contributed by atoms with van der Waals surface area (Å²) in [7, 11) is 4.35. The average Bonchev–Trinajstić information content (AvgIpc) is 2.32. The second-order valence-corrected chi connectivity index (χ2v) is 5.59. The largest absolute Gasteiger partial charge is 0.378 e. The molecule has 2 aliphatic rings. The lowest BCUT2D eigenvalue weighted by molar-refractivity contribution is -0.120. The molecule has 3 atom stereocenters. The van der Waals surface area contributed by atoms with Gasteiger partial charge in [-0.1, -0.05) is 0 Å². The standard InChI is InChI=1S/C13H25N3O2/c1-10(17)14-11-4-5-15(2)12(8-11)13-9-18-7-6-16(13)3/h11-13H,4-9H2,1-3H3,(H,14,17). The molecule has 5 nitrogen and oxygen atoms in total. The minimum atomic E-state index is 0.0801. The number of carbonyl (C=O) groups excluding carboxylic acids is 1. The molecule has 0 aromatic rings. The maximum Gasteiger partial charge on any atom is 0.217 e. The van der Waals surface area contributed by atoms with Gasteiger partial charge in [-0.3, -0.25) is 9.69 Å². The number of likely N-dealkylation sites (tertiary alicyclic amines) is 1. The van der Waals surface area contributed by atoms with Gasteiger partial charge in [0.25, 0.3) is 0 Å². The number of ether oxygens (including phenoxy) is 1. The van der Waals surface area contributed by atoms with Crippen LogP contribution in [0.5, 0.6) is 0 Å². The van der Waals surface area contributed by atoms with Crippen LogP contribution in [0.1, 0.15) is 19.8 Å². The highest BCUT2D eigenvalue weighted by molar-refractivity contribution is 5.73. The molecule has 2 heterocycles. The highest BCUT2D eigenvalue weighted by Gasteiger charge is 2.35. The lowest BCUT2D eigenvalue weighted by Gasteiger charge is -2.46. The molecule has 0 aromatic carbocycles. The molecule has 0 aliphatic carbocycles. The van der Waals surface area contributed by atoms with Crippen LogP contribution >= 0.6 is 0 Å². The van der Waals surface area contributed by atoms with Crippen molar-refractivity contribution in [2.45, 2.75) is 37.9 Å². The molecule has 2 fully saturated rings. The van der Waals surface area contributed by atoms with Crippen LogP contribution in [0.4, 0.5) is 0 Å². The molecular formula is C13H25N3O2. The summed E-state index contributed by atoms with van der Waals surface area (Å²) in [5.41, 5.74) is 0. The van der Waals surface area contributed by atoms with Crippen molar-refractivity contribution in [2.24, 2.45) is 0 Å². The first-order chi connectivity index (χ1) is 8.58. The van der Waals surface area contributed by atoms with Crippen molar-refractivity contribution in [3.63, 3.8) is 0 Å². The molecule has 104 valence electrons. The van der Waals surface area contributed by atoms with Crippen LogP contribution in [0.3, 0.4) is 0 Å². The van der Waals surface area contributed by atoms with Crippen LogP contribution in [0.2, 0.25) is 0 Å². The molecular weight excluding hydrogens is 230 g/mol. The van der Waals surface area contributed by atoms with Crippen LogP contribution in [0.25, 0.3) is 0 Å². The van der Waals surface area contributed by atoms with Crippen molar-refractivity contribution < 1.29 is 9.53 Å². The zero-order valence-corrected chi connectivity index (χ0v) is 11.7. The van der Waals surface area contributed by atoms with E-state index in [2.05, 4.69) is 29.2 Å². The SMILES string of the molecule is CC(=O)NC1CCN(C)C(C2COCCN2C)C1. The van der Waals surface area contributed by atoms with Crippen molar-refractivity contribution in [2.75, 3.05) is 40.4 Å². The van der Waals surface area contributed by atoms with Crippen molar-refractivity contribution in [3.05, 3.63) is 0 Å². The first-order valence-corrected chi connectivity index (χ1v) is 6.83. The maximum atomic E-state index is 11.2. The number of piperidine rings is 1. The number of amides is 1. The van der Waals surface area contributed by atoms with Gasteiger partial charge in [0, 0.05) is 38.1 Å². The first kappa shape index (κ1) is 13.8. The fourth-order valence-electron chi connectivity index (χ4n) is 3.09. The average molecular weight is 255 g/mol. The van der Waals surface area contributed by atoms with E-state index < -0.39 is 0 Å². The highest BCUT2D eigenvalue weighted by atomic mass is 16.5. The van der Waals surface area contributed by atoms with Gasteiger partial charge >= 0.3 is 0 Å². The van der Waals surface area contributed by atoms with Gasteiger partial charge in [0.05, 0.1) is 13.2 Å². The summed E-state index contributed by atoms with van der Waals surface area (Å²) in [6.07, 6.45) is 2.07. The van der Waals surface area contributed by atoms with Crippen molar-refractivity contribution >= 4 is 5.91 Å². The van der Waals surface area contributed by atoms with E-state index in [0.29, 0.717) is 18.1 Å². The third-order valence-electron chi connectivity index (χ3n) is 4.22. The monoisotopic (exact) mass is 255 g/mol. The Morgan fingerprint density at radius 1 is 1.22 bits per heavy atom. The van der Waals surface area contributed by atoms with Gasteiger partial charge in [-0.2, -0.15) is 0 Å². The molecule has 0 spiro atoms. The Morgan fingerprint density at radius 3 is 2.61 bits per heavy atom. The van der Waals surface area contributed by atoms with Crippen molar-refractivity contribution in [3.8, 4) is 0 Å².